The van der Waals surface area contributed by atoms with Gasteiger partial charge in [0.1, 0.15) is 0 Å². The zero-order valence-corrected chi connectivity index (χ0v) is 17.4. The van der Waals surface area contributed by atoms with Crippen molar-refractivity contribution < 1.29 is 4.52 Å². The maximum Gasteiger partial charge on any atom is 0.191 e. The molecule has 1 aromatic carbocycles. The standard InChI is InChI=1S/C17H23ClN4O.HI/c1-11(2)16-9-15(23-22-16)10-20-17(19-4)21-12(3)13-5-7-14(18)8-6-13;/h5-9,11-12H,10H2,1-4H3,(H2,19,20,21);1H. The second-order valence-electron chi connectivity index (χ2n) is 5.72. The SMILES string of the molecule is CN=C(NCc1cc(C(C)C)no1)NC(C)c1ccc(Cl)cc1.I. The van der Waals surface area contributed by atoms with Gasteiger partial charge in [0, 0.05) is 18.1 Å². The lowest BCUT2D eigenvalue weighted by Gasteiger charge is -2.17. The molecule has 2 rings (SSSR count). The molecule has 0 aliphatic heterocycles. The summed E-state index contributed by atoms with van der Waals surface area (Å²) in [7, 11) is 1.74. The zero-order chi connectivity index (χ0) is 16.8. The first kappa shape index (κ1) is 20.8. The molecule has 7 heteroatoms. The van der Waals surface area contributed by atoms with Gasteiger partial charge in [-0.15, -0.1) is 24.0 Å². The highest BCUT2D eigenvalue weighted by Gasteiger charge is 2.10. The van der Waals surface area contributed by atoms with Gasteiger partial charge in [0.05, 0.1) is 18.3 Å². The van der Waals surface area contributed by atoms with Crippen molar-refractivity contribution >= 4 is 41.5 Å². The average Bonchev–Trinajstić information content (AvgIpc) is 3.01. The van der Waals surface area contributed by atoms with Crippen molar-refractivity contribution in [3.8, 4) is 0 Å². The van der Waals surface area contributed by atoms with Crippen LogP contribution in [0.25, 0.3) is 0 Å². The average molecular weight is 463 g/mol. The van der Waals surface area contributed by atoms with E-state index in [2.05, 4.69) is 41.6 Å². The van der Waals surface area contributed by atoms with E-state index in [1.54, 1.807) is 7.05 Å². The topological polar surface area (TPSA) is 62.5 Å². The van der Waals surface area contributed by atoms with Gasteiger partial charge >= 0.3 is 0 Å². The van der Waals surface area contributed by atoms with E-state index >= 15 is 0 Å². The maximum atomic E-state index is 5.92. The molecule has 0 radical (unpaired) electrons. The van der Waals surface area contributed by atoms with Crippen LogP contribution in [0.4, 0.5) is 0 Å². The second-order valence-corrected chi connectivity index (χ2v) is 6.15. The monoisotopic (exact) mass is 462 g/mol. The number of halogens is 2. The molecule has 0 bridgehead atoms. The summed E-state index contributed by atoms with van der Waals surface area (Å²) in [5.41, 5.74) is 2.10. The van der Waals surface area contributed by atoms with E-state index in [0.29, 0.717) is 18.4 Å². The molecule has 0 saturated carbocycles. The first-order valence-corrected chi connectivity index (χ1v) is 8.05. The number of benzene rings is 1. The molecule has 0 aliphatic carbocycles. The molecular formula is C17H24ClIN4O. The normalized spacial score (nSPS) is 12.7. The minimum absolute atomic E-state index is 0. The first-order valence-electron chi connectivity index (χ1n) is 7.67. The highest BCUT2D eigenvalue weighted by molar-refractivity contribution is 14.0. The molecule has 1 heterocycles. The van der Waals surface area contributed by atoms with Gasteiger partial charge in [-0.1, -0.05) is 42.7 Å². The summed E-state index contributed by atoms with van der Waals surface area (Å²) in [6.45, 7) is 6.78. The van der Waals surface area contributed by atoms with E-state index in [0.717, 1.165) is 22.0 Å². The molecule has 5 nitrogen and oxygen atoms in total. The Morgan fingerprint density at radius 3 is 2.46 bits per heavy atom. The van der Waals surface area contributed by atoms with Gasteiger partial charge in [-0.2, -0.15) is 0 Å². The molecular weight excluding hydrogens is 439 g/mol. The third-order valence-corrected chi connectivity index (χ3v) is 3.80. The molecule has 1 atom stereocenters. The van der Waals surface area contributed by atoms with Gasteiger partial charge < -0.3 is 15.2 Å². The molecule has 1 aromatic heterocycles. The molecule has 0 saturated heterocycles. The summed E-state index contributed by atoms with van der Waals surface area (Å²) in [6, 6.07) is 9.84. The minimum Gasteiger partial charge on any atom is -0.359 e. The Morgan fingerprint density at radius 1 is 1.25 bits per heavy atom. The van der Waals surface area contributed by atoms with Crippen LogP contribution < -0.4 is 10.6 Å². The van der Waals surface area contributed by atoms with Crippen molar-refractivity contribution in [2.75, 3.05) is 7.05 Å². The van der Waals surface area contributed by atoms with Crippen molar-refractivity contribution in [1.29, 1.82) is 0 Å². The fourth-order valence-electron chi connectivity index (χ4n) is 2.09. The number of aliphatic imine (C=N–C) groups is 1. The smallest absolute Gasteiger partial charge is 0.191 e. The lowest BCUT2D eigenvalue weighted by Crippen LogP contribution is -2.38. The summed E-state index contributed by atoms with van der Waals surface area (Å²) in [4.78, 5) is 4.23. The van der Waals surface area contributed by atoms with Crippen molar-refractivity contribution in [3.05, 3.63) is 52.4 Å². The van der Waals surface area contributed by atoms with Crippen LogP contribution in [0.3, 0.4) is 0 Å². The first-order chi connectivity index (χ1) is 11.0. The van der Waals surface area contributed by atoms with Crippen LogP contribution in [0.2, 0.25) is 5.02 Å². The molecule has 132 valence electrons. The van der Waals surface area contributed by atoms with Gasteiger partial charge in [0.2, 0.25) is 0 Å². The van der Waals surface area contributed by atoms with E-state index < -0.39 is 0 Å². The van der Waals surface area contributed by atoms with E-state index in [1.807, 2.05) is 30.3 Å². The number of hydrogen-bond donors (Lipinski definition) is 2. The Bertz CT molecular complexity index is 655. The predicted octanol–water partition coefficient (Wildman–Crippen LogP) is 4.50. The van der Waals surface area contributed by atoms with E-state index in [4.69, 9.17) is 16.1 Å². The van der Waals surface area contributed by atoms with Crippen LogP contribution >= 0.6 is 35.6 Å². The van der Waals surface area contributed by atoms with Crippen LogP contribution in [0.5, 0.6) is 0 Å². The minimum atomic E-state index is 0. The van der Waals surface area contributed by atoms with Gasteiger partial charge in [0.15, 0.2) is 11.7 Å². The van der Waals surface area contributed by atoms with E-state index in [9.17, 15) is 0 Å². The number of rotatable bonds is 5. The van der Waals surface area contributed by atoms with Crippen molar-refractivity contribution in [2.45, 2.75) is 39.3 Å². The quantitative estimate of drug-likeness (QED) is 0.390. The van der Waals surface area contributed by atoms with Gasteiger partial charge in [0.25, 0.3) is 0 Å². The number of nitrogens with one attached hydrogen (secondary N) is 2. The summed E-state index contributed by atoms with van der Waals surface area (Å²) in [6.07, 6.45) is 0. The number of nitrogens with zero attached hydrogens (tertiary/aromatic N) is 2. The molecule has 0 aliphatic rings. The van der Waals surface area contributed by atoms with Crippen molar-refractivity contribution in [2.24, 2.45) is 4.99 Å². The molecule has 2 N–H and O–H groups in total. The summed E-state index contributed by atoms with van der Waals surface area (Å²) in [5.74, 6) is 1.85. The summed E-state index contributed by atoms with van der Waals surface area (Å²) < 4.78 is 5.31. The third-order valence-electron chi connectivity index (χ3n) is 3.55. The number of hydrogen-bond acceptors (Lipinski definition) is 3. The number of guanidine groups is 1. The third kappa shape index (κ3) is 5.98. The fourth-order valence-corrected chi connectivity index (χ4v) is 2.22. The molecule has 0 amide bonds. The fraction of sp³-hybridized carbons (Fsp3) is 0.412. The van der Waals surface area contributed by atoms with E-state index in [1.165, 1.54) is 0 Å². The summed E-state index contributed by atoms with van der Waals surface area (Å²) in [5, 5.41) is 11.3. The second kappa shape index (κ2) is 9.88. The van der Waals surface area contributed by atoms with Crippen molar-refractivity contribution in [1.82, 2.24) is 15.8 Å². The van der Waals surface area contributed by atoms with Gasteiger partial charge in [-0.3, -0.25) is 4.99 Å². The van der Waals surface area contributed by atoms with Crippen LogP contribution in [0.15, 0.2) is 39.8 Å². The molecule has 1 unspecified atom stereocenters. The molecule has 2 aromatic rings. The Balaban J connectivity index is 0.00000288. The highest BCUT2D eigenvalue weighted by Crippen LogP contribution is 2.16. The van der Waals surface area contributed by atoms with Gasteiger partial charge in [-0.05, 0) is 30.5 Å². The Hall–Kier alpha value is -1.28. The van der Waals surface area contributed by atoms with Crippen LogP contribution in [-0.2, 0) is 6.54 Å². The Labute approximate surface area is 165 Å². The zero-order valence-electron chi connectivity index (χ0n) is 14.3. The predicted molar refractivity (Wildman–Crippen MR) is 109 cm³/mol. The summed E-state index contributed by atoms with van der Waals surface area (Å²) >= 11 is 5.92. The van der Waals surface area contributed by atoms with Crippen LogP contribution in [0, 0.1) is 0 Å². The van der Waals surface area contributed by atoms with Crippen LogP contribution in [-0.4, -0.2) is 18.2 Å². The van der Waals surface area contributed by atoms with E-state index in [-0.39, 0.29) is 30.0 Å². The maximum absolute atomic E-state index is 5.92. The lowest BCUT2D eigenvalue weighted by molar-refractivity contribution is 0.371. The Kier molecular flexibility index (Phi) is 8.55. The lowest BCUT2D eigenvalue weighted by atomic mass is 10.1. The van der Waals surface area contributed by atoms with Gasteiger partial charge in [-0.25, -0.2) is 0 Å². The van der Waals surface area contributed by atoms with Crippen molar-refractivity contribution in [3.63, 3.8) is 0 Å². The highest BCUT2D eigenvalue weighted by atomic mass is 127. The van der Waals surface area contributed by atoms with Crippen LogP contribution in [0.1, 0.15) is 49.7 Å². The molecule has 0 fully saturated rings. The largest absolute Gasteiger partial charge is 0.359 e. The Morgan fingerprint density at radius 2 is 1.92 bits per heavy atom. The molecule has 24 heavy (non-hydrogen) atoms. The number of aromatic nitrogens is 1. The molecule has 0 spiro atoms.